The van der Waals surface area contributed by atoms with Crippen LogP contribution in [0.2, 0.25) is 0 Å². The molecule has 0 heterocycles. The lowest BCUT2D eigenvalue weighted by Gasteiger charge is -1.86. The molecular weight excluding hydrogens is 186 g/mol. The molecule has 2 heteroatoms. The molecule has 0 aromatic heterocycles. The van der Waals surface area contributed by atoms with E-state index in [1.165, 1.54) is 19.3 Å². The summed E-state index contributed by atoms with van der Waals surface area (Å²) in [6, 6.07) is 0. The number of nitrogens with one attached hydrogen (secondary N) is 1. The predicted molar refractivity (Wildman–Crippen MR) is 71.6 cm³/mol. The van der Waals surface area contributed by atoms with Gasteiger partial charge < -0.3 is 10.1 Å². The lowest BCUT2D eigenvalue weighted by molar-refractivity contribution is 0.162. The average Bonchev–Trinajstić information content (AvgIpc) is 2.23. The van der Waals surface area contributed by atoms with Gasteiger partial charge in [-0.25, -0.2) is 0 Å². The molecule has 0 fully saturated rings. The van der Waals surface area contributed by atoms with Crippen LogP contribution in [0.15, 0.2) is 0 Å². The van der Waals surface area contributed by atoms with Gasteiger partial charge in [0.2, 0.25) is 0 Å². The maximum atomic E-state index is 4.83. The van der Waals surface area contributed by atoms with Gasteiger partial charge in [0.15, 0.2) is 0 Å². The fourth-order valence-corrected chi connectivity index (χ4v) is 0.808. The Kier molecular flexibility index (Phi) is 39.6. The molecule has 96 valence electrons. The van der Waals surface area contributed by atoms with Crippen molar-refractivity contribution in [2.24, 2.45) is 0 Å². The molecule has 0 aliphatic heterocycles. The summed E-state index contributed by atoms with van der Waals surface area (Å²) < 4.78 is 4.83. The van der Waals surface area contributed by atoms with Gasteiger partial charge >= 0.3 is 0 Å². The second-order valence-corrected chi connectivity index (χ2v) is 3.09. The van der Waals surface area contributed by atoms with E-state index in [1.54, 1.807) is 0 Å². The number of unbranched alkanes of at least 4 members (excludes halogenated alkanes) is 2. The Bertz CT molecular complexity index is 47.3. The Morgan fingerprint density at radius 2 is 1.13 bits per heavy atom. The van der Waals surface area contributed by atoms with Gasteiger partial charge in [-0.15, -0.1) is 0 Å². The summed E-state index contributed by atoms with van der Waals surface area (Å²) in [4.78, 5) is 0. The van der Waals surface area contributed by atoms with Crippen LogP contribution in [0.3, 0.4) is 0 Å². The third-order valence-electron chi connectivity index (χ3n) is 1.62. The number of ether oxygens (including phenoxy) is 1. The molecular formula is C13H33NO. The summed E-state index contributed by atoms with van der Waals surface area (Å²) in [5.41, 5.74) is 0. The second kappa shape index (κ2) is 29.2. The van der Waals surface area contributed by atoms with Crippen LogP contribution in [0.1, 0.15) is 60.8 Å². The van der Waals surface area contributed by atoms with Gasteiger partial charge in [0.05, 0.1) is 0 Å². The van der Waals surface area contributed by atoms with Crippen LogP contribution in [-0.4, -0.2) is 26.3 Å². The molecule has 0 saturated heterocycles. The molecule has 1 N–H and O–H groups in total. The van der Waals surface area contributed by atoms with Crippen molar-refractivity contribution in [3.8, 4) is 0 Å². The standard InChI is InChI=1S/C5H12.C4H11N.C4H10O/c3*1-3-5-4-2/h3-5H2,1-2H3;5H,3-4H2,1-2H3;3-4H2,1-2H3. The van der Waals surface area contributed by atoms with E-state index >= 15 is 0 Å². The van der Waals surface area contributed by atoms with E-state index in [0.29, 0.717) is 0 Å². The molecule has 0 aromatic carbocycles. The fraction of sp³-hybridized carbons (Fsp3) is 1.00. The van der Waals surface area contributed by atoms with Crippen molar-refractivity contribution in [2.75, 3.05) is 26.3 Å². The van der Waals surface area contributed by atoms with Crippen LogP contribution < -0.4 is 5.32 Å². The lowest BCUT2D eigenvalue weighted by atomic mass is 10.3. The fourth-order valence-electron chi connectivity index (χ4n) is 0.808. The molecule has 2 nitrogen and oxygen atoms in total. The van der Waals surface area contributed by atoms with Gasteiger partial charge in [-0.05, 0) is 26.9 Å². The van der Waals surface area contributed by atoms with Crippen LogP contribution in [-0.2, 0) is 4.74 Å². The van der Waals surface area contributed by atoms with Gasteiger partial charge in [-0.1, -0.05) is 47.0 Å². The summed E-state index contributed by atoms with van der Waals surface area (Å²) in [5, 5.41) is 3.11. The SMILES string of the molecule is CCCCC.CCNCC.CCOCC. The van der Waals surface area contributed by atoms with Crippen LogP contribution in [0.4, 0.5) is 0 Å². The zero-order valence-electron chi connectivity index (χ0n) is 11.9. The van der Waals surface area contributed by atoms with Crippen LogP contribution in [0.5, 0.6) is 0 Å². The highest BCUT2D eigenvalue weighted by Gasteiger charge is 1.68. The Labute approximate surface area is 97.8 Å². The highest BCUT2D eigenvalue weighted by molar-refractivity contribution is 4.27. The summed E-state index contributed by atoms with van der Waals surface area (Å²) in [5.74, 6) is 0. The van der Waals surface area contributed by atoms with Crippen molar-refractivity contribution in [3.63, 3.8) is 0 Å². The summed E-state index contributed by atoms with van der Waals surface area (Å²) >= 11 is 0. The first kappa shape index (κ1) is 20.3. The van der Waals surface area contributed by atoms with E-state index in [2.05, 4.69) is 33.0 Å². The maximum Gasteiger partial charge on any atom is 0.0437 e. The minimum Gasteiger partial charge on any atom is -0.382 e. The normalized spacial score (nSPS) is 8.40. The van der Waals surface area contributed by atoms with Crippen molar-refractivity contribution in [1.82, 2.24) is 5.32 Å². The minimum absolute atomic E-state index is 0.844. The van der Waals surface area contributed by atoms with Gasteiger partial charge in [-0.3, -0.25) is 0 Å². The molecule has 0 saturated carbocycles. The Balaban J connectivity index is -0.000000144. The second-order valence-electron chi connectivity index (χ2n) is 3.09. The molecule has 0 aromatic rings. The van der Waals surface area contributed by atoms with E-state index in [4.69, 9.17) is 4.74 Å². The number of hydrogen-bond donors (Lipinski definition) is 1. The Hall–Kier alpha value is -0.0800. The zero-order valence-corrected chi connectivity index (χ0v) is 11.9. The van der Waals surface area contributed by atoms with Crippen LogP contribution in [0.25, 0.3) is 0 Å². The Morgan fingerprint density at radius 3 is 1.13 bits per heavy atom. The zero-order chi connectivity index (χ0) is 12.4. The van der Waals surface area contributed by atoms with Gasteiger partial charge in [-0.2, -0.15) is 0 Å². The minimum atomic E-state index is 0.844. The third kappa shape index (κ3) is 56.4. The molecule has 15 heavy (non-hydrogen) atoms. The molecule has 0 atom stereocenters. The molecule has 0 unspecified atom stereocenters. The van der Waals surface area contributed by atoms with Crippen molar-refractivity contribution in [2.45, 2.75) is 60.8 Å². The highest BCUT2D eigenvalue weighted by atomic mass is 16.5. The van der Waals surface area contributed by atoms with Crippen molar-refractivity contribution >= 4 is 0 Å². The summed E-state index contributed by atoms with van der Waals surface area (Å²) in [6.07, 6.45) is 4.08. The maximum absolute atomic E-state index is 4.83. The Morgan fingerprint density at radius 1 is 0.733 bits per heavy atom. The molecule has 0 aliphatic rings. The number of rotatable bonds is 6. The average molecular weight is 219 g/mol. The first-order valence-electron chi connectivity index (χ1n) is 6.53. The van der Waals surface area contributed by atoms with Crippen LogP contribution >= 0.6 is 0 Å². The molecule has 0 aliphatic carbocycles. The smallest absolute Gasteiger partial charge is 0.0437 e. The molecule has 0 bridgehead atoms. The van der Waals surface area contributed by atoms with E-state index in [1.807, 2.05) is 13.8 Å². The molecule has 0 amide bonds. The topological polar surface area (TPSA) is 21.3 Å². The quantitative estimate of drug-likeness (QED) is 0.732. The van der Waals surface area contributed by atoms with Crippen molar-refractivity contribution in [3.05, 3.63) is 0 Å². The van der Waals surface area contributed by atoms with Crippen molar-refractivity contribution in [1.29, 1.82) is 0 Å². The van der Waals surface area contributed by atoms with Crippen molar-refractivity contribution < 1.29 is 4.74 Å². The first-order valence-corrected chi connectivity index (χ1v) is 6.53. The monoisotopic (exact) mass is 219 g/mol. The highest BCUT2D eigenvalue weighted by Crippen LogP contribution is 1.88. The first-order chi connectivity index (χ1) is 7.24. The summed E-state index contributed by atoms with van der Waals surface area (Å²) in [6.45, 7) is 16.5. The van der Waals surface area contributed by atoms with E-state index in [9.17, 15) is 0 Å². The lowest BCUT2D eigenvalue weighted by Crippen LogP contribution is -2.09. The van der Waals surface area contributed by atoms with E-state index in [-0.39, 0.29) is 0 Å². The number of hydrogen-bond acceptors (Lipinski definition) is 2. The predicted octanol–water partition coefficient (Wildman–Crippen LogP) is 3.86. The molecule has 0 spiro atoms. The van der Waals surface area contributed by atoms with Gasteiger partial charge in [0, 0.05) is 13.2 Å². The van der Waals surface area contributed by atoms with E-state index in [0.717, 1.165) is 26.3 Å². The largest absolute Gasteiger partial charge is 0.382 e. The molecule has 0 radical (unpaired) electrons. The summed E-state index contributed by atoms with van der Waals surface area (Å²) in [7, 11) is 0. The van der Waals surface area contributed by atoms with Crippen LogP contribution in [0, 0.1) is 0 Å². The van der Waals surface area contributed by atoms with Gasteiger partial charge in [0.25, 0.3) is 0 Å². The molecule has 0 rings (SSSR count). The van der Waals surface area contributed by atoms with E-state index < -0.39 is 0 Å². The third-order valence-corrected chi connectivity index (χ3v) is 1.62. The van der Waals surface area contributed by atoms with Gasteiger partial charge in [0.1, 0.15) is 0 Å².